The molecule has 20 heavy (non-hydrogen) atoms. The van der Waals surface area contributed by atoms with Gasteiger partial charge in [-0.1, -0.05) is 29.3 Å². The predicted octanol–water partition coefficient (Wildman–Crippen LogP) is 3.83. The third-order valence-electron chi connectivity index (χ3n) is 3.34. The number of likely N-dealkylation sites (tertiary alicyclic amines) is 1. The number of nitrogens with zero attached hydrogens (tertiary/aromatic N) is 2. The normalized spacial score (nSPS) is 15.2. The molecule has 1 fully saturated rings. The van der Waals surface area contributed by atoms with Crippen LogP contribution in [0, 0.1) is 0 Å². The van der Waals surface area contributed by atoms with Crippen molar-refractivity contribution in [3.63, 3.8) is 0 Å². The van der Waals surface area contributed by atoms with Crippen LogP contribution in [0.5, 0.6) is 0 Å². The fourth-order valence-corrected chi connectivity index (χ4v) is 2.92. The lowest BCUT2D eigenvalue weighted by Crippen LogP contribution is -2.40. The van der Waals surface area contributed by atoms with Crippen LogP contribution in [0.15, 0.2) is 23.2 Å². The second kappa shape index (κ2) is 8.95. The largest absolute Gasteiger partial charge is 0.356 e. The van der Waals surface area contributed by atoms with Crippen molar-refractivity contribution in [2.75, 3.05) is 26.7 Å². The average Bonchev–Trinajstić information content (AvgIpc) is 2.91. The Hall–Kier alpha value is -0.200. The fraction of sp³-hybridized carbons (Fsp3) is 0.500. The van der Waals surface area contributed by atoms with E-state index in [1.807, 2.05) is 25.2 Å². The Morgan fingerprint density at radius 2 is 1.85 bits per heavy atom. The molecular weight excluding hydrogens is 408 g/mol. The molecule has 3 nitrogen and oxygen atoms in total. The van der Waals surface area contributed by atoms with Crippen molar-refractivity contribution < 1.29 is 0 Å². The Morgan fingerprint density at radius 1 is 1.25 bits per heavy atom. The van der Waals surface area contributed by atoms with E-state index >= 15 is 0 Å². The SMILES string of the molecule is CN=C(NCCc1c(Cl)cccc1Cl)N1CCCC1.I. The number of guanidine groups is 1. The van der Waals surface area contributed by atoms with E-state index in [0.717, 1.165) is 47.6 Å². The number of halogens is 3. The first-order valence-corrected chi connectivity index (χ1v) is 7.36. The molecule has 0 amide bonds. The quantitative estimate of drug-likeness (QED) is 0.451. The Bertz CT molecular complexity index is 439. The summed E-state index contributed by atoms with van der Waals surface area (Å²) >= 11 is 12.3. The van der Waals surface area contributed by atoms with E-state index in [0.29, 0.717) is 0 Å². The van der Waals surface area contributed by atoms with Gasteiger partial charge in [-0.2, -0.15) is 0 Å². The highest BCUT2D eigenvalue weighted by molar-refractivity contribution is 14.0. The first kappa shape index (κ1) is 17.9. The van der Waals surface area contributed by atoms with E-state index in [-0.39, 0.29) is 24.0 Å². The average molecular weight is 428 g/mol. The van der Waals surface area contributed by atoms with E-state index in [1.165, 1.54) is 12.8 Å². The monoisotopic (exact) mass is 427 g/mol. The third kappa shape index (κ3) is 4.67. The van der Waals surface area contributed by atoms with E-state index in [2.05, 4.69) is 15.2 Å². The molecule has 0 aliphatic carbocycles. The van der Waals surface area contributed by atoms with Gasteiger partial charge in [-0.3, -0.25) is 4.99 Å². The fourth-order valence-electron chi connectivity index (χ4n) is 2.33. The van der Waals surface area contributed by atoms with Gasteiger partial charge < -0.3 is 10.2 Å². The van der Waals surface area contributed by atoms with E-state index < -0.39 is 0 Å². The highest BCUT2D eigenvalue weighted by Gasteiger charge is 2.15. The maximum Gasteiger partial charge on any atom is 0.193 e. The van der Waals surface area contributed by atoms with Crippen molar-refractivity contribution in [2.24, 2.45) is 4.99 Å². The van der Waals surface area contributed by atoms with Crippen LogP contribution in [0.2, 0.25) is 10.0 Å². The molecule has 6 heteroatoms. The molecule has 0 spiro atoms. The maximum absolute atomic E-state index is 6.15. The minimum atomic E-state index is 0. The topological polar surface area (TPSA) is 27.6 Å². The summed E-state index contributed by atoms with van der Waals surface area (Å²) in [6.45, 7) is 2.96. The van der Waals surface area contributed by atoms with Crippen molar-refractivity contribution in [3.8, 4) is 0 Å². The highest BCUT2D eigenvalue weighted by atomic mass is 127. The van der Waals surface area contributed by atoms with E-state index in [9.17, 15) is 0 Å². The Labute approximate surface area is 147 Å². The van der Waals surface area contributed by atoms with Crippen molar-refractivity contribution in [2.45, 2.75) is 19.3 Å². The minimum Gasteiger partial charge on any atom is -0.356 e. The second-order valence-electron chi connectivity index (χ2n) is 4.62. The number of hydrogen-bond donors (Lipinski definition) is 1. The number of rotatable bonds is 3. The Balaban J connectivity index is 0.00000200. The summed E-state index contributed by atoms with van der Waals surface area (Å²) < 4.78 is 0. The molecule has 0 radical (unpaired) electrons. The van der Waals surface area contributed by atoms with E-state index in [4.69, 9.17) is 23.2 Å². The first-order chi connectivity index (χ1) is 9.22. The molecule has 1 aliphatic heterocycles. The van der Waals surface area contributed by atoms with Crippen LogP contribution >= 0.6 is 47.2 Å². The molecule has 0 aromatic heterocycles. The molecule has 1 aromatic carbocycles. The van der Waals surface area contributed by atoms with Gasteiger partial charge in [0.2, 0.25) is 0 Å². The van der Waals surface area contributed by atoms with Crippen molar-refractivity contribution in [1.82, 2.24) is 10.2 Å². The van der Waals surface area contributed by atoms with Crippen LogP contribution < -0.4 is 5.32 Å². The third-order valence-corrected chi connectivity index (χ3v) is 4.05. The van der Waals surface area contributed by atoms with E-state index in [1.54, 1.807) is 0 Å². The van der Waals surface area contributed by atoms with Gasteiger partial charge in [0.25, 0.3) is 0 Å². The number of aliphatic imine (C=N–C) groups is 1. The smallest absolute Gasteiger partial charge is 0.193 e. The molecule has 1 aromatic rings. The standard InChI is InChI=1S/C14H19Cl2N3.HI/c1-17-14(19-9-2-3-10-19)18-8-7-11-12(15)5-4-6-13(11)16;/h4-6H,2-3,7-10H2,1H3,(H,17,18);1H. The minimum absolute atomic E-state index is 0. The Morgan fingerprint density at radius 3 is 2.40 bits per heavy atom. The number of benzene rings is 1. The summed E-state index contributed by atoms with van der Waals surface area (Å²) in [6.07, 6.45) is 3.29. The van der Waals surface area contributed by atoms with Crippen molar-refractivity contribution in [3.05, 3.63) is 33.8 Å². The number of nitrogens with one attached hydrogen (secondary N) is 1. The molecule has 2 rings (SSSR count). The molecule has 112 valence electrons. The summed E-state index contributed by atoms with van der Waals surface area (Å²) in [4.78, 5) is 6.60. The summed E-state index contributed by atoms with van der Waals surface area (Å²) in [5.41, 5.74) is 0.996. The van der Waals surface area contributed by atoms with Crippen molar-refractivity contribution in [1.29, 1.82) is 0 Å². The molecule has 0 unspecified atom stereocenters. The first-order valence-electron chi connectivity index (χ1n) is 6.61. The van der Waals surface area contributed by atoms with Gasteiger partial charge in [0.15, 0.2) is 5.96 Å². The lowest BCUT2D eigenvalue weighted by molar-refractivity contribution is 0.494. The van der Waals surface area contributed by atoms with Gasteiger partial charge in [0.05, 0.1) is 0 Å². The predicted molar refractivity (Wildman–Crippen MR) is 97.7 cm³/mol. The van der Waals surface area contributed by atoms with Crippen LogP contribution in [0.3, 0.4) is 0 Å². The zero-order valence-corrected chi connectivity index (χ0v) is 15.4. The summed E-state index contributed by atoms with van der Waals surface area (Å²) in [5, 5.41) is 4.83. The van der Waals surface area contributed by atoms with Crippen LogP contribution in [0.4, 0.5) is 0 Å². The van der Waals surface area contributed by atoms with Crippen LogP contribution in [-0.2, 0) is 6.42 Å². The molecular formula is C14H20Cl2IN3. The van der Waals surface area contributed by atoms with Crippen LogP contribution in [0.25, 0.3) is 0 Å². The second-order valence-corrected chi connectivity index (χ2v) is 5.43. The van der Waals surface area contributed by atoms with Gasteiger partial charge in [-0.15, -0.1) is 24.0 Å². The summed E-state index contributed by atoms with van der Waals surface area (Å²) in [6, 6.07) is 5.61. The van der Waals surface area contributed by atoms with Gasteiger partial charge >= 0.3 is 0 Å². The number of hydrogen-bond acceptors (Lipinski definition) is 1. The van der Waals surface area contributed by atoms with Crippen LogP contribution in [0.1, 0.15) is 18.4 Å². The van der Waals surface area contributed by atoms with Crippen molar-refractivity contribution >= 4 is 53.1 Å². The molecule has 1 aliphatic rings. The van der Waals surface area contributed by atoms with Gasteiger partial charge in [0.1, 0.15) is 0 Å². The zero-order chi connectivity index (χ0) is 13.7. The summed E-state index contributed by atoms with van der Waals surface area (Å²) in [5.74, 6) is 0.973. The lowest BCUT2D eigenvalue weighted by Gasteiger charge is -2.21. The van der Waals surface area contributed by atoms with Gasteiger partial charge in [-0.05, 0) is 37.0 Å². The molecule has 0 atom stereocenters. The van der Waals surface area contributed by atoms with Crippen LogP contribution in [-0.4, -0.2) is 37.5 Å². The molecule has 0 bridgehead atoms. The molecule has 0 saturated carbocycles. The molecule has 1 N–H and O–H groups in total. The zero-order valence-electron chi connectivity index (χ0n) is 11.5. The molecule has 1 heterocycles. The Kier molecular flexibility index (Phi) is 7.99. The lowest BCUT2D eigenvalue weighted by atomic mass is 10.1. The maximum atomic E-state index is 6.15. The molecule has 1 saturated heterocycles. The van der Waals surface area contributed by atoms with Gasteiger partial charge in [0, 0.05) is 36.7 Å². The highest BCUT2D eigenvalue weighted by Crippen LogP contribution is 2.24. The van der Waals surface area contributed by atoms with Gasteiger partial charge in [-0.25, -0.2) is 0 Å². The summed E-state index contributed by atoms with van der Waals surface area (Å²) in [7, 11) is 1.82.